The van der Waals surface area contributed by atoms with E-state index in [1.807, 2.05) is 7.05 Å². The second-order valence-corrected chi connectivity index (χ2v) is 7.39. The summed E-state index contributed by atoms with van der Waals surface area (Å²) in [6.07, 6.45) is 7.64. The molecule has 4 heteroatoms. The van der Waals surface area contributed by atoms with Crippen LogP contribution in [0.25, 0.3) is 0 Å². The van der Waals surface area contributed by atoms with E-state index in [9.17, 15) is 8.42 Å². The predicted octanol–water partition coefficient (Wildman–Crippen LogP) is 1.98. The molecule has 1 rings (SSSR count). The molecule has 1 saturated carbocycles. The molecule has 16 heavy (non-hydrogen) atoms. The van der Waals surface area contributed by atoms with Gasteiger partial charge < -0.3 is 5.32 Å². The molecule has 0 radical (unpaired) electrons. The Labute approximate surface area is 99.9 Å². The van der Waals surface area contributed by atoms with Crippen molar-refractivity contribution < 1.29 is 8.42 Å². The van der Waals surface area contributed by atoms with E-state index in [-0.39, 0.29) is 5.25 Å². The fourth-order valence-corrected chi connectivity index (χ4v) is 4.05. The first-order valence-corrected chi connectivity index (χ1v) is 8.30. The van der Waals surface area contributed by atoms with Crippen LogP contribution in [-0.4, -0.2) is 33.0 Å². The first-order valence-electron chi connectivity index (χ1n) is 6.35. The zero-order valence-electron chi connectivity index (χ0n) is 10.7. The first-order chi connectivity index (χ1) is 7.49. The normalized spacial score (nSPS) is 28.9. The molecule has 0 amide bonds. The SMILES string of the molecule is CCCC(NC)C1CCCC(S(C)(=O)=O)C1. The Morgan fingerprint density at radius 1 is 1.38 bits per heavy atom. The topological polar surface area (TPSA) is 46.2 Å². The molecule has 96 valence electrons. The maximum absolute atomic E-state index is 11.6. The van der Waals surface area contributed by atoms with E-state index in [1.165, 1.54) is 12.7 Å². The zero-order valence-corrected chi connectivity index (χ0v) is 11.5. The van der Waals surface area contributed by atoms with Crippen molar-refractivity contribution in [3.8, 4) is 0 Å². The van der Waals surface area contributed by atoms with Crippen LogP contribution in [0.15, 0.2) is 0 Å². The van der Waals surface area contributed by atoms with E-state index >= 15 is 0 Å². The molecule has 3 atom stereocenters. The van der Waals surface area contributed by atoms with Crippen LogP contribution in [0.4, 0.5) is 0 Å². The van der Waals surface area contributed by atoms with Crippen molar-refractivity contribution in [2.75, 3.05) is 13.3 Å². The molecule has 0 aromatic rings. The van der Waals surface area contributed by atoms with E-state index in [1.54, 1.807) is 0 Å². The minimum absolute atomic E-state index is 0.0982. The standard InChI is InChI=1S/C12H25NO2S/c1-4-6-12(13-2)10-7-5-8-11(9-10)16(3,14)15/h10-13H,4-9H2,1-3H3. The minimum atomic E-state index is -2.84. The lowest BCUT2D eigenvalue weighted by Gasteiger charge is -2.33. The highest BCUT2D eigenvalue weighted by Gasteiger charge is 2.31. The van der Waals surface area contributed by atoms with Gasteiger partial charge in [0.05, 0.1) is 5.25 Å². The maximum atomic E-state index is 11.6. The number of sulfone groups is 1. The van der Waals surface area contributed by atoms with Crippen molar-refractivity contribution in [1.29, 1.82) is 0 Å². The van der Waals surface area contributed by atoms with Gasteiger partial charge >= 0.3 is 0 Å². The minimum Gasteiger partial charge on any atom is -0.317 e. The molecule has 0 heterocycles. The highest BCUT2D eigenvalue weighted by molar-refractivity contribution is 7.91. The average Bonchev–Trinajstić information content (AvgIpc) is 2.25. The van der Waals surface area contributed by atoms with E-state index < -0.39 is 9.84 Å². The molecule has 0 saturated heterocycles. The summed E-state index contributed by atoms with van der Waals surface area (Å²) in [5, 5.41) is 3.25. The molecule has 0 spiro atoms. The van der Waals surface area contributed by atoms with Gasteiger partial charge in [0, 0.05) is 12.3 Å². The van der Waals surface area contributed by atoms with Gasteiger partial charge in [-0.3, -0.25) is 0 Å². The second kappa shape index (κ2) is 6.01. The Balaban J connectivity index is 2.62. The number of hydrogen-bond acceptors (Lipinski definition) is 3. The quantitative estimate of drug-likeness (QED) is 0.808. The molecule has 1 aliphatic carbocycles. The van der Waals surface area contributed by atoms with Gasteiger partial charge in [-0.15, -0.1) is 0 Å². The van der Waals surface area contributed by atoms with Crippen molar-refractivity contribution in [2.24, 2.45) is 5.92 Å². The summed E-state index contributed by atoms with van der Waals surface area (Å²) >= 11 is 0. The summed E-state index contributed by atoms with van der Waals surface area (Å²) in [7, 11) is -0.853. The van der Waals surface area contributed by atoms with Gasteiger partial charge in [-0.2, -0.15) is 0 Å². The monoisotopic (exact) mass is 247 g/mol. The van der Waals surface area contributed by atoms with Crippen LogP contribution >= 0.6 is 0 Å². The van der Waals surface area contributed by atoms with E-state index in [4.69, 9.17) is 0 Å². The lowest BCUT2D eigenvalue weighted by molar-refractivity contribution is 0.268. The van der Waals surface area contributed by atoms with Crippen molar-refractivity contribution in [1.82, 2.24) is 5.32 Å². The van der Waals surface area contributed by atoms with Gasteiger partial charge in [0.25, 0.3) is 0 Å². The van der Waals surface area contributed by atoms with Crippen LogP contribution < -0.4 is 5.32 Å². The molecule has 0 aliphatic heterocycles. The van der Waals surface area contributed by atoms with Gasteiger partial charge in [0.15, 0.2) is 0 Å². The molecule has 0 aromatic heterocycles. The molecular formula is C12H25NO2S. The average molecular weight is 247 g/mol. The van der Waals surface area contributed by atoms with Crippen LogP contribution in [0.3, 0.4) is 0 Å². The third-order valence-corrected chi connectivity index (χ3v) is 5.45. The zero-order chi connectivity index (χ0) is 12.2. The molecular weight excluding hydrogens is 222 g/mol. The van der Waals surface area contributed by atoms with Crippen molar-refractivity contribution in [2.45, 2.75) is 56.7 Å². The van der Waals surface area contributed by atoms with Crippen molar-refractivity contribution in [3.05, 3.63) is 0 Å². The van der Waals surface area contributed by atoms with Gasteiger partial charge in [-0.05, 0) is 38.6 Å². The van der Waals surface area contributed by atoms with Gasteiger partial charge in [0.2, 0.25) is 0 Å². The smallest absolute Gasteiger partial charge is 0.150 e. The van der Waals surface area contributed by atoms with Crippen LogP contribution in [0.5, 0.6) is 0 Å². The van der Waals surface area contributed by atoms with Crippen molar-refractivity contribution in [3.63, 3.8) is 0 Å². The second-order valence-electron chi connectivity index (χ2n) is 5.06. The third-order valence-electron chi connectivity index (χ3n) is 3.81. The van der Waals surface area contributed by atoms with Crippen LogP contribution in [0.1, 0.15) is 45.4 Å². The lowest BCUT2D eigenvalue weighted by atomic mass is 9.82. The molecule has 0 aromatic carbocycles. The van der Waals surface area contributed by atoms with Gasteiger partial charge in [0.1, 0.15) is 9.84 Å². The van der Waals surface area contributed by atoms with Crippen LogP contribution in [-0.2, 0) is 9.84 Å². The Kier molecular flexibility index (Phi) is 5.25. The van der Waals surface area contributed by atoms with Gasteiger partial charge in [-0.1, -0.05) is 19.8 Å². The fraction of sp³-hybridized carbons (Fsp3) is 1.00. The summed E-state index contributed by atoms with van der Waals surface area (Å²) < 4.78 is 23.2. The molecule has 3 unspecified atom stereocenters. The van der Waals surface area contributed by atoms with E-state index in [0.717, 1.165) is 32.1 Å². The molecule has 1 fully saturated rings. The van der Waals surface area contributed by atoms with E-state index in [0.29, 0.717) is 12.0 Å². The summed E-state index contributed by atoms with van der Waals surface area (Å²) in [5.74, 6) is 0.540. The lowest BCUT2D eigenvalue weighted by Crippen LogP contribution is -2.39. The number of nitrogens with one attached hydrogen (secondary N) is 1. The first kappa shape index (κ1) is 14.0. The molecule has 0 bridgehead atoms. The summed E-state index contributed by atoms with van der Waals surface area (Å²) in [6.45, 7) is 2.18. The maximum Gasteiger partial charge on any atom is 0.150 e. The Hall–Kier alpha value is -0.0900. The highest BCUT2D eigenvalue weighted by Crippen LogP contribution is 2.31. The Morgan fingerprint density at radius 3 is 2.56 bits per heavy atom. The van der Waals surface area contributed by atoms with Crippen LogP contribution in [0.2, 0.25) is 0 Å². The molecule has 3 nitrogen and oxygen atoms in total. The summed E-state index contributed by atoms with van der Waals surface area (Å²) in [6, 6.07) is 0.495. The van der Waals surface area contributed by atoms with Crippen LogP contribution in [0, 0.1) is 5.92 Å². The molecule has 1 aliphatic rings. The molecule has 1 N–H and O–H groups in total. The van der Waals surface area contributed by atoms with Crippen molar-refractivity contribution >= 4 is 9.84 Å². The third kappa shape index (κ3) is 3.74. The summed E-state index contributed by atoms with van der Waals surface area (Å²) in [5.41, 5.74) is 0. The van der Waals surface area contributed by atoms with E-state index in [2.05, 4.69) is 12.2 Å². The predicted molar refractivity (Wildman–Crippen MR) is 68.3 cm³/mol. The largest absolute Gasteiger partial charge is 0.317 e. The Morgan fingerprint density at radius 2 is 2.06 bits per heavy atom. The highest BCUT2D eigenvalue weighted by atomic mass is 32.2. The fourth-order valence-electron chi connectivity index (χ4n) is 2.86. The van der Waals surface area contributed by atoms with Gasteiger partial charge in [-0.25, -0.2) is 8.42 Å². The number of hydrogen-bond donors (Lipinski definition) is 1. The Bertz CT molecular complexity index is 300. The number of rotatable bonds is 5. The summed E-state index contributed by atoms with van der Waals surface area (Å²) in [4.78, 5) is 0.